The molecule has 0 bridgehead atoms. The van der Waals surface area contributed by atoms with Crippen molar-refractivity contribution >= 4 is 5.91 Å². The summed E-state index contributed by atoms with van der Waals surface area (Å²) in [5, 5.41) is 13.3. The lowest BCUT2D eigenvalue weighted by atomic mass is 9.71. The Morgan fingerprint density at radius 1 is 1.37 bits per heavy atom. The molecule has 1 aliphatic rings. The Morgan fingerprint density at radius 3 is 2.63 bits per heavy atom. The molecule has 0 spiro atoms. The van der Waals surface area contributed by atoms with Crippen LogP contribution in [0.15, 0.2) is 24.5 Å². The zero-order valence-corrected chi connectivity index (χ0v) is 11.6. The molecule has 1 aromatic rings. The molecule has 4 nitrogen and oxygen atoms in total. The van der Waals surface area contributed by atoms with E-state index in [1.54, 1.807) is 18.3 Å². The van der Waals surface area contributed by atoms with E-state index in [9.17, 15) is 9.90 Å². The van der Waals surface area contributed by atoms with Crippen molar-refractivity contribution in [1.82, 2.24) is 10.3 Å². The lowest BCUT2D eigenvalue weighted by Crippen LogP contribution is -2.46. The molecule has 1 fully saturated rings. The molecule has 0 aromatic carbocycles. The summed E-state index contributed by atoms with van der Waals surface area (Å²) in [7, 11) is 0. The number of hydrogen-bond acceptors (Lipinski definition) is 3. The fourth-order valence-electron chi connectivity index (χ4n) is 2.41. The van der Waals surface area contributed by atoms with Crippen LogP contribution < -0.4 is 5.32 Å². The maximum Gasteiger partial charge on any atom is 0.252 e. The number of pyridine rings is 1. The molecule has 2 rings (SSSR count). The summed E-state index contributed by atoms with van der Waals surface area (Å²) in [5.74, 6) is -0.175. The summed E-state index contributed by atoms with van der Waals surface area (Å²) in [4.78, 5) is 15.8. The summed E-state index contributed by atoms with van der Waals surface area (Å²) in [6.45, 7) is 4.76. The quantitative estimate of drug-likeness (QED) is 0.877. The highest BCUT2D eigenvalue weighted by atomic mass is 16.3. The number of aliphatic hydroxyl groups is 1. The van der Waals surface area contributed by atoms with Gasteiger partial charge < -0.3 is 10.4 Å². The second-order valence-corrected chi connectivity index (χ2v) is 6.31. The molecule has 0 aliphatic heterocycles. The molecular formula is C15H22N2O2. The van der Waals surface area contributed by atoms with E-state index in [4.69, 9.17) is 0 Å². The smallest absolute Gasteiger partial charge is 0.252 e. The lowest BCUT2D eigenvalue weighted by molar-refractivity contribution is -0.0233. The Kier molecular flexibility index (Phi) is 3.90. The first-order chi connectivity index (χ1) is 8.90. The number of carbonyl (C=O) groups excluding carboxylic acids is 1. The zero-order valence-electron chi connectivity index (χ0n) is 11.6. The summed E-state index contributed by atoms with van der Waals surface area (Å²) in [6.07, 6.45) is 6.63. The first kappa shape index (κ1) is 14.0. The standard InChI is InChI=1S/C15H22N2O2/c1-14(2)5-7-15(19,8-6-14)11-17-13(18)12-4-3-9-16-10-12/h3-4,9-10,19H,5-8,11H2,1-2H3,(H,17,18). The molecule has 1 heterocycles. The van der Waals surface area contributed by atoms with E-state index in [2.05, 4.69) is 24.1 Å². The molecule has 0 saturated heterocycles. The minimum atomic E-state index is -0.757. The maximum atomic E-state index is 11.9. The Bertz CT molecular complexity index is 433. The Labute approximate surface area is 114 Å². The minimum Gasteiger partial charge on any atom is -0.388 e. The van der Waals surface area contributed by atoms with Gasteiger partial charge in [0.2, 0.25) is 0 Å². The number of hydrogen-bond donors (Lipinski definition) is 2. The molecule has 1 saturated carbocycles. The second kappa shape index (κ2) is 5.29. The highest BCUT2D eigenvalue weighted by molar-refractivity contribution is 5.93. The van der Waals surface area contributed by atoms with Crippen molar-refractivity contribution in [2.24, 2.45) is 5.41 Å². The predicted octanol–water partition coefficient (Wildman–Crippen LogP) is 2.14. The van der Waals surface area contributed by atoms with Crippen LogP contribution in [0.2, 0.25) is 0 Å². The van der Waals surface area contributed by atoms with Gasteiger partial charge in [-0.1, -0.05) is 13.8 Å². The topological polar surface area (TPSA) is 62.2 Å². The molecule has 0 atom stereocenters. The van der Waals surface area contributed by atoms with Crippen LogP contribution in [0.1, 0.15) is 49.9 Å². The first-order valence-corrected chi connectivity index (χ1v) is 6.81. The molecule has 104 valence electrons. The third-order valence-corrected chi connectivity index (χ3v) is 4.04. The van der Waals surface area contributed by atoms with Crippen molar-refractivity contribution in [2.45, 2.75) is 45.1 Å². The molecule has 0 unspecified atom stereocenters. The minimum absolute atomic E-state index is 0.175. The third kappa shape index (κ3) is 3.77. The normalized spacial score (nSPS) is 20.8. The van der Waals surface area contributed by atoms with Crippen LogP contribution in [-0.2, 0) is 0 Å². The largest absolute Gasteiger partial charge is 0.388 e. The van der Waals surface area contributed by atoms with E-state index >= 15 is 0 Å². The van der Waals surface area contributed by atoms with Crippen molar-refractivity contribution in [3.63, 3.8) is 0 Å². The van der Waals surface area contributed by atoms with Gasteiger partial charge in [-0.05, 0) is 43.2 Å². The zero-order chi connectivity index (χ0) is 13.9. The third-order valence-electron chi connectivity index (χ3n) is 4.04. The van der Waals surface area contributed by atoms with Crippen LogP contribution >= 0.6 is 0 Å². The van der Waals surface area contributed by atoms with E-state index in [-0.39, 0.29) is 5.91 Å². The van der Waals surface area contributed by atoms with Crippen LogP contribution in [0, 0.1) is 5.41 Å². The average Bonchev–Trinajstić information content (AvgIpc) is 2.41. The van der Waals surface area contributed by atoms with Crippen molar-refractivity contribution < 1.29 is 9.90 Å². The number of amides is 1. The van der Waals surface area contributed by atoms with Crippen molar-refractivity contribution in [3.8, 4) is 0 Å². The monoisotopic (exact) mass is 262 g/mol. The van der Waals surface area contributed by atoms with E-state index in [0.29, 0.717) is 17.5 Å². The van der Waals surface area contributed by atoms with Crippen molar-refractivity contribution in [1.29, 1.82) is 0 Å². The van der Waals surface area contributed by atoms with E-state index in [1.165, 1.54) is 6.20 Å². The van der Waals surface area contributed by atoms with Gasteiger partial charge in [0.05, 0.1) is 11.2 Å². The van der Waals surface area contributed by atoms with Crippen LogP contribution in [0.4, 0.5) is 0 Å². The molecule has 1 aromatic heterocycles. The van der Waals surface area contributed by atoms with Crippen LogP contribution in [0.25, 0.3) is 0 Å². The lowest BCUT2D eigenvalue weighted by Gasteiger charge is -2.40. The number of aromatic nitrogens is 1. The van der Waals surface area contributed by atoms with Gasteiger partial charge in [-0.2, -0.15) is 0 Å². The molecule has 0 radical (unpaired) electrons. The van der Waals surface area contributed by atoms with Crippen molar-refractivity contribution in [3.05, 3.63) is 30.1 Å². The van der Waals surface area contributed by atoms with E-state index in [0.717, 1.165) is 25.7 Å². The predicted molar refractivity (Wildman–Crippen MR) is 73.8 cm³/mol. The molecule has 1 aliphatic carbocycles. The molecule has 4 heteroatoms. The Morgan fingerprint density at radius 2 is 2.05 bits per heavy atom. The fourth-order valence-corrected chi connectivity index (χ4v) is 2.41. The van der Waals surface area contributed by atoms with Gasteiger partial charge in [-0.25, -0.2) is 0 Å². The molecule has 2 N–H and O–H groups in total. The molecular weight excluding hydrogens is 240 g/mol. The number of nitrogens with zero attached hydrogens (tertiary/aromatic N) is 1. The SMILES string of the molecule is CC1(C)CCC(O)(CNC(=O)c2cccnc2)CC1. The van der Waals surface area contributed by atoms with Gasteiger partial charge in [-0.3, -0.25) is 9.78 Å². The summed E-state index contributed by atoms with van der Waals surface area (Å²) in [5.41, 5.74) is 0.0784. The van der Waals surface area contributed by atoms with Gasteiger partial charge in [0.1, 0.15) is 0 Å². The highest BCUT2D eigenvalue weighted by Crippen LogP contribution is 2.39. The maximum absolute atomic E-state index is 11.9. The van der Waals surface area contributed by atoms with Crippen molar-refractivity contribution in [2.75, 3.05) is 6.54 Å². The van der Waals surface area contributed by atoms with Crippen LogP contribution in [0.5, 0.6) is 0 Å². The summed E-state index contributed by atoms with van der Waals surface area (Å²) >= 11 is 0. The highest BCUT2D eigenvalue weighted by Gasteiger charge is 2.36. The Balaban J connectivity index is 1.87. The van der Waals surface area contributed by atoms with Gasteiger partial charge in [0.15, 0.2) is 0 Å². The number of carbonyl (C=O) groups is 1. The molecule has 19 heavy (non-hydrogen) atoms. The number of rotatable bonds is 3. The molecule has 1 amide bonds. The number of nitrogens with one attached hydrogen (secondary N) is 1. The summed E-state index contributed by atoms with van der Waals surface area (Å²) < 4.78 is 0. The fraction of sp³-hybridized carbons (Fsp3) is 0.600. The first-order valence-electron chi connectivity index (χ1n) is 6.81. The van der Waals surface area contributed by atoms with Crippen LogP contribution in [0.3, 0.4) is 0 Å². The van der Waals surface area contributed by atoms with Gasteiger partial charge in [0.25, 0.3) is 5.91 Å². The van der Waals surface area contributed by atoms with Gasteiger partial charge in [0, 0.05) is 18.9 Å². The van der Waals surface area contributed by atoms with E-state index in [1.807, 2.05) is 0 Å². The Hall–Kier alpha value is -1.42. The average molecular weight is 262 g/mol. The summed E-state index contributed by atoms with van der Waals surface area (Å²) in [6, 6.07) is 3.45. The van der Waals surface area contributed by atoms with Gasteiger partial charge >= 0.3 is 0 Å². The van der Waals surface area contributed by atoms with Crippen LogP contribution in [-0.4, -0.2) is 28.1 Å². The van der Waals surface area contributed by atoms with Gasteiger partial charge in [-0.15, -0.1) is 0 Å². The van der Waals surface area contributed by atoms with E-state index < -0.39 is 5.60 Å². The second-order valence-electron chi connectivity index (χ2n) is 6.31.